The normalized spacial score (nSPS) is 18.7. The zero-order valence-electron chi connectivity index (χ0n) is 17.1. The lowest BCUT2D eigenvalue weighted by Crippen LogP contribution is -2.39. The second-order valence-electron chi connectivity index (χ2n) is 7.92. The molecule has 2 saturated heterocycles. The molecule has 2 aliphatic rings. The summed E-state index contributed by atoms with van der Waals surface area (Å²) in [6, 6.07) is 6.86. The molecule has 3 heterocycles. The summed E-state index contributed by atoms with van der Waals surface area (Å²) >= 11 is 6.46. The van der Waals surface area contributed by atoms with E-state index in [4.69, 9.17) is 11.6 Å². The number of likely N-dealkylation sites (tertiary alicyclic amines) is 1. The molecule has 2 aromatic rings. The summed E-state index contributed by atoms with van der Waals surface area (Å²) in [7, 11) is 0. The number of rotatable bonds is 4. The number of piperidine rings is 1. The number of urea groups is 1. The van der Waals surface area contributed by atoms with Crippen molar-refractivity contribution in [3.8, 4) is 0 Å². The Bertz CT molecular complexity index is 949. The van der Waals surface area contributed by atoms with Crippen LogP contribution in [0.4, 0.5) is 20.7 Å². The average Bonchev–Trinajstić information content (AvgIpc) is 3.23. The fraction of sp³-hybridized carbons (Fsp3) is 0.409. The van der Waals surface area contributed by atoms with Crippen molar-refractivity contribution < 1.29 is 14.0 Å². The topological polar surface area (TPSA) is 77.6 Å². The molecule has 4 rings (SSSR count). The molecule has 31 heavy (non-hydrogen) atoms. The van der Waals surface area contributed by atoms with E-state index in [1.165, 1.54) is 24.3 Å². The molecule has 0 radical (unpaired) electrons. The number of amides is 3. The lowest BCUT2D eigenvalue weighted by Gasteiger charge is -2.27. The number of hydrogen-bond acceptors (Lipinski definition) is 4. The number of pyridine rings is 1. The quantitative estimate of drug-likeness (QED) is 0.748. The molecule has 2 fully saturated rings. The van der Waals surface area contributed by atoms with E-state index in [1.807, 2.05) is 9.80 Å². The van der Waals surface area contributed by atoms with Crippen LogP contribution in [0, 0.1) is 5.82 Å². The van der Waals surface area contributed by atoms with Crippen molar-refractivity contribution in [1.82, 2.24) is 15.2 Å². The number of carbonyl (C=O) groups excluding carboxylic acids is 2. The first kappa shape index (κ1) is 21.4. The molecule has 2 aliphatic heterocycles. The van der Waals surface area contributed by atoms with Gasteiger partial charge in [-0.15, -0.1) is 0 Å². The van der Waals surface area contributed by atoms with Gasteiger partial charge in [0.1, 0.15) is 11.6 Å². The molecule has 0 bridgehead atoms. The lowest BCUT2D eigenvalue weighted by molar-refractivity contribution is 0.0724. The minimum Gasteiger partial charge on any atom is -0.353 e. The van der Waals surface area contributed by atoms with Gasteiger partial charge in [-0.2, -0.15) is 0 Å². The largest absolute Gasteiger partial charge is 0.353 e. The maximum absolute atomic E-state index is 13.0. The van der Waals surface area contributed by atoms with Crippen LogP contribution in [-0.4, -0.2) is 54.0 Å². The van der Waals surface area contributed by atoms with Crippen LogP contribution in [0.1, 0.15) is 36.0 Å². The summed E-state index contributed by atoms with van der Waals surface area (Å²) in [6.07, 6.45) is 5.54. The van der Waals surface area contributed by atoms with Crippen molar-refractivity contribution in [2.24, 2.45) is 0 Å². The van der Waals surface area contributed by atoms with E-state index in [9.17, 15) is 14.0 Å². The van der Waals surface area contributed by atoms with Crippen LogP contribution >= 0.6 is 11.6 Å². The van der Waals surface area contributed by atoms with E-state index >= 15 is 0 Å². The van der Waals surface area contributed by atoms with Crippen LogP contribution in [0.15, 0.2) is 36.5 Å². The fourth-order valence-electron chi connectivity index (χ4n) is 4.02. The predicted octanol–water partition coefficient (Wildman–Crippen LogP) is 3.90. The standard InChI is InChI=1S/C22H25ClFN5O2/c23-19-12-15(21(30)28-9-2-1-3-10-28)13-25-20(19)29-11-8-18(14-29)27-22(31)26-17-6-4-16(24)5-7-17/h4-7,12-13,18H,1-3,8-11,14H2,(H2,26,27,31). The summed E-state index contributed by atoms with van der Waals surface area (Å²) in [5.41, 5.74) is 1.02. The first-order chi connectivity index (χ1) is 15.0. The number of halogens is 2. The van der Waals surface area contributed by atoms with Crippen molar-refractivity contribution in [2.75, 3.05) is 36.4 Å². The smallest absolute Gasteiger partial charge is 0.319 e. The highest BCUT2D eigenvalue weighted by molar-refractivity contribution is 6.33. The van der Waals surface area contributed by atoms with Crippen LogP contribution in [0.5, 0.6) is 0 Å². The van der Waals surface area contributed by atoms with Gasteiger partial charge in [0, 0.05) is 44.1 Å². The first-order valence-electron chi connectivity index (χ1n) is 10.5. The van der Waals surface area contributed by atoms with Gasteiger partial charge in [0.2, 0.25) is 0 Å². The summed E-state index contributed by atoms with van der Waals surface area (Å²) in [5, 5.41) is 6.04. The maximum Gasteiger partial charge on any atom is 0.319 e. The van der Waals surface area contributed by atoms with Crippen LogP contribution in [0.25, 0.3) is 0 Å². The molecular formula is C22H25ClFN5O2. The van der Waals surface area contributed by atoms with Crippen molar-refractivity contribution in [1.29, 1.82) is 0 Å². The molecule has 7 nitrogen and oxygen atoms in total. The first-order valence-corrected chi connectivity index (χ1v) is 10.9. The summed E-state index contributed by atoms with van der Waals surface area (Å²) < 4.78 is 13.0. The summed E-state index contributed by atoms with van der Waals surface area (Å²) in [4.78, 5) is 33.2. The number of anilines is 2. The Labute approximate surface area is 185 Å². The third-order valence-corrected chi connectivity index (χ3v) is 5.92. The monoisotopic (exact) mass is 445 g/mol. The van der Waals surface area contributed by atoms with Gasteiger partial charge < -0.3 is 20.4 Å². The van der Waals surface area contributed by atoms with E-state index in [2.05, 4.69) is 15.6 Å². The van der Waals surface area contributed by atoms with Crippen LogP contribution in [0.2, 0.25) is 5.02 Å². The van der Waals surface area contributed by atoms with Gasteiger partial charge in [-0.3, -0.25) is 4.79 Å². The molecule has 9 heteroatoms. The highest BCUT2D eigenvalue weighted by atomic mass is 35.5. The van der Waals surface area contributed by atoms with Crippen LogP contribution in [-0.2, 0) is 0 Å². The second kappa shape index (κ2) is 9.51. The SMILES string of the molecule is O=C(Nc1ccc(F)cc1)NC1CCN(c2ncc(C(=O)N3CCCCC3)cc2Cl)C1. The van der Waals surface area contributed by atoms with Gasteiger partial charge in [0.25, 0.3) is 5.91 Å². The van der Waals surface area contributed by atoms with Gasteiger partial charge in [0.15, 0.2) is 0 Å². The Morgan fingerprint density at radius 3 is 2.55 bits per heavy atom. The minimum atomic E-state index is -0.356. The van der Waals surface area contributed by atoms with Crippen molar-refractivity contribution in [3.63, 3.8) is 0 Å². The molecule has 0 aliphatic carbocycles. The van der Waals surface area contributed by atoms with Gasteiger partial charge >= 0.3 is 6.03 Å². The Morgan fingerprint density at radius 1 is 1.10 bits per heavy atom. The lowest BCUT2D eigenvalue weighted by atomic mass is 10.1. The number of aromatic nitrogens is 1. The molecule has 164 valence electrons. The Morgan fingerprint density at radius 2 is 1.84 bits per heavy atom. The maximum atomic E-state index is 13.0. The van der Waals surface area contributed by atoms with Gasteiger partial charge in [-0.05, 0) is 56.0 Å². The Hall–Kier alpha value is -2.87. The molecule has 0 saturated carbocycles. The third-order valence-electron chi connectivity index (χ3n) is 5.64. The molecule has 2 N–H and O–H groups in total. The number of nitrogens with one attached hydrogen (secondary N) is 2. The van der Waals surface area contributed by atoms with Crippen LogP contribution in [0.3, 0.4) is 0 Å². The highest BCUT2D eigenvalue weighted by Gasteiger charge is 2.27. The van der Waals surface area contributed by atoms with Gasteiger partial charge in [0.05, 0.1) is 10.6 Å². The molecule has 1 unspecified atom stereocenters. The molecule has 1 aromatic heterocycles. The van der Waals surface area contributed by atoms with Crippen molar-refractivity contribution in [3.05, 3.63) is 52.9 Å². The summed E-state index contributed by atoms with van der Waals surface area (Å²) in [6.45, 7) is 2.80. The van der Waals surface area contributed by atoms with E-state index in [1.54, 1.807) is 12.3 Å². The fourth-order valence-corrected chi connectivity index (χ4v) is 4.30. The number of benzene rings is 1. The summed E-state index contributed by atoms with van der Waals surface area (Å²) in [5.74, 6) is 0.226. The zero-order valence-corrected chi connectivity index (χ0v) is 17.9. The predicted molar refractivity (Wildman–Crippen MR) is 118 cm³/mol. The molecule has 1 atom stereocenters. The van der Waals surface area contributed by atoms with E-state index in [0.29, 0.717) is 35.2 Å². The van der Waals surface area contributed by atoms with E-state index in [-0.39, 0.29) is 23.8 Å². The molecule has 1 aromatic carbocycles. The van der Waals surface area contributed by atoms with E-state index < -0.39 is 0 Å². The Kier molecular flexibility index (Phi) is 6.56. The number of carbonyl (C=O) groups is 2. The number of nitrogens with zero attached hydrogens (tertiary/aromatic N) is 3. The second-order valence-corrected chi connectivity index (χ2v) is 8.33. The molecule has 0 spiro atoms. The van der Waals surface area contributed by atoms with Crippen molar-refractivity contribution in [2.45, 2.75) is 31.7 Å². The molecular weight excluding hydrogens is 421 g/mol. The number of hydrogen-bond donors (Lipinski definition) is 2. The third kappa shape index (κ3) is 5.25. The average molecular weight is 446 g/mol. The highest BCUT2D eigenvalue weighted by Crippen LogP contribution is 2.28. The Balaban J connectivity index is 1.33. The van der Waals surface area contributed by atoms with E-state index in [0.717, 1.165) is 38.8 Å². The zero-order chi connectivity index (χ0) is 21.8. The molecule has 3 amide bonds. The van der Waals surface area contributed by atoms with Gasteiger partial charge in [-0.25, -0.2) is 14.2 Å². The van der Waals surface area contributed by atoms with Crippen molar-refractivity contribution >= 4 is 35.0 Å². The minimum absolute atomic E-state index is 0.0286. The van der Waals surface area contributed by atoms with Gasteiger partial charge in [-0.1, -0.05) is 11.6 Å². The van der Waals surface area contributed by atoms with Crippen LogP contribution < -0.4 is 15.5 Å².